The number of aryl methyl sites for hydroxylation is 2. The van der Waals surface area contributed by atoms with E-state index in [9.17, 15) is 0 Å². The fourth-order valence-electron chi connectivity index (χ4n) is 1.69. The molecule has 1 heterocycles. The number of rotatable bonds is 6. The van der Waals surface area contributed by atoms with Crippen LogP contribution in [0.2, 0.25) is 0 Å². The molecule has 1 aromatic heterocycles. The lowest BCUT2D eigenvalue weighted by molar-refractivity contribution is 0.658. The number of nitriles is 1. The van der Waals surface area contributed by atoms with Gasteiger partial charge in [-0.1, -0.05) is 20.3 Å². The molecule has 0 N–H and O–H groups in total. The molecular weight excluding hydrogens is 266 g/mol. The van der Waals surface area contributed by atoms with Gasteiger partial charge in [-0.3, -0.25) is 0 Å². The Morgan fingerprint density at radius 3 is 2.75 bits per heavy atom. The average Bonchev–Trinajstić information content (AvgIpc) is 2.60. The lowest BCUT2D eigenvalue weighted by Gasteiger charge is -2.04. The van der Waals surface area contributed by atoms with Gasteiger partial charge in [-0.25, -0.2) is 4.98 Å². The summed E-state index contributed by atoms with van der Waals surface area (Å²) < 4.78 is 3.18. The minimum atomic E-state index is 0.537. The van der Waals surface area contributed by atoms with Gasteiger partial charge in [-0.05, 0) is 28.8 Å². The maximum Gasteiger partial charge on any atom is 0.109 e. The van der Waals surface area contributed by atoms with Crippen LogP contribution >= 0.6 is 15.9 Å². The molecule has 1 rings (SSSR count). The minimum absolute atomic E-state index is 0.537. The smallest absolute Gasteiger partial charge is 0.109 e. The maximum atomic E-state index is 8.63. The van der Waals surface area contributed by atoms with E-state index in [0.29, 0.717) is 6.42 Å². The second-order valence-electron chi connectivity index (χ2n) is 3.78. The van der Waals surface area contributed by atoms with Gasteiger partial charge in [0.15, 0.2) is 0 Å². The summed E-state index contributed by atoms with van der Waals surface area (Å²) in [4.78, 5) is 4.63. The van der Waals surface area contributed by atoms with Gasteiger partial charge in [-0.15, -0.1) is 0 Å². The molecule has 0 saturated carbocycles. The number of imidazole rings is 1. The maximum absolute atomic E-state index is 8.63. The summed E-state index contributed by atoms with van der Waals surface area (Å²) in [7, 11) is 0. The van der Waals surface area contributed by atoms with E-state index in [1.165, 1.54) is 6.42 Å². The van der Waals surface area contributed by atoms with Crippen LogP contribution in [-0.2, 0) is 19.4 Å². The Morgan fingerprint density at radius 1 is 1.44 bits per heavy atom. The molecule has 0 bridgehead atoms. The summed E-state index contributed by atoms with van der Waals surface area (Å²) in [5.41, 5.74) is 1.14. The average molecular weight is 284 g/mol. The molecule has 0 amide bonds. The molecule has 0 aliphatic carbocycles. The first-order valence-corrected chi connectivity index (χ1v) is 6.64. The van der Waals surface area contributed by atoms with Gasteiger partial charge in [0, 0.05) is 13.0 Å². The number of halogens is 1. The molecule has 1 aromatic rings. The molecule has 0 unspecified atom stereocenters. The topological polar surface area (TPSA) is 41.6 Å². The van der Waals surface area contributed by atoms with Crippen LogP contribution in [0.25, 0.3) is 0 Å². The van der Waals surface area contributed by atoms with E-state index in [4.69, 9.17) is 5.26 Å². The van der Waals surface area contributed by atoms with Gasteiger partial charge in [0.05, 0.1) is 18.2 Å². The fraction of sp³-hybridized carbons (Fsp3) is 0.667. The molecule has 0 aliphatic heterocycles. The van der Waals surface area contributed by atoms with Crippen LogP contribution in [0.3, 0.4) is 0 Å². The zero-order chi connectivity index (χ0) is 12.0. The zero-order valence-electron chi connectivity index (χ0n) is 9.96. The SMILES string of the molecule is CCCCc1nc(CC)n(CCC#N)c1Br. The van der Waals surface area contributed by atoms with Gasteiger partial charge in [0.1, 0.15) is 10.4 Å². The van der Waals surface area contributed by atoms with Crippen molar-refractivity contribution in [3.63, 3.8) is 0 Å². The van der Waals surface area contributed by atoms with Crippen molar-refractivity contribution in [2.24, 2.45) is 0 Å². The molecular formula is C12H18BrN3. The van der Waals surface area contributed by atoms with Gasteiger partial charge in [0.2, 0.25) is 0 Å². The van der Waals surface area contributed by atoms with Crippen LogP contribution < -0.4 is 0 Å². The molecule has 88 valence electrons. The minimum Gasteiger partial charge on any atom is -0.322 e. The monoisotopic (exact) mass is 283 g/mol. The fourth-order valence-corrected chi connectivity index (χ4v) is 2.36. The Balaban J connectivity index is 2.88. The first-order valence-electron chi connectivity index (χ1n) is 5.85. The van der Waals surface area contributed by atoms with Crippen LogP contribution in [-0.4, -0.2) is 9.55 Å². The largest absolute Gasteiger partial charge is 0.322 e. The molecule has 0 atom stereocenters. The van der Waals surface area contributed by atoms with E-state index in [1.807, 2.05) is 0 Å². The van der Waals surface area contributed by atoms with Crippen molar-refractivity contribution in [1.29, 1.82) is 5.26 Å². The summed E-state index contributed by atoms with van der Waals surface area (Å²) in [5, 5.41) is 8.63. The summed E-state index contributed by atoms with van der Waals surface area (Å²) in [6.45, 7) is 5.02. The number of hydrogen-bond acceptors (Lipinski definition) is 2. The number of unbranched alkanes of at least 4 members (excludes halogenated alkanes) is 1. The predicted octanol–water partition coefficient (Wildman–Crippen LogP) is 3.46. The highest BCUT2D eigenvalue weighted by Gasteiger charge is 2.12. The van der Waals surface area contributed by atoms with E-state index >= 15 is 0 Å². The summed E-state index contributed by atoms with van der Waals surface area (Å²) in [6, 6.07) is 2.18. The third-order valence-electron chi connectivity index (χ3n) is 2.58. The zero-order valence-corrected chi connectivity index (χ0v) is 11.5. The predicted molar refractivity (Wildman–Crippen MR) is 68.1 cm³/mol. The van der Waals surface area contributed by atoms with Crippen molar-refractivity contribution in [3.8, 4) is 6.07 Å². The standard InChI is InChI=1S/C12H18BrN3/c1-3-5-7-10-12(13)16(9-6-8-14)11(4-2)15-10/h3-7,9H2,1-2H3. The quantitative estimate of drug-likeness (QED) is 0.802. The molecule has 4 heteroatoms. The van der Waals surface area contributed by atoms with Crippen molar-refractivity contribution in [1.82, 2.24) is 9.55 Å². The van der Waals surface area contributed by atoms with Crippen molar-refractivity contribution in [2.45, 2.75) is 52.5 Å². The third-order valence-corrected chi connectivity index (χ3v) is 3.47. The molecule has 0 aliphatic rings. The molecule has 3 nitrogen and oxygen atoms in total. The van der Waals surface area contributed by atoms with Gasteiger partial charge in [0.25, 0.3) is 0 Å². The Labute approximate surface area is 106 Å². The van der Waals surface area contributed by atoms with Crippen LogP contribution in [0.5, 0.6) is 0 Å². The number of aromatic nitrogens is 2. The van der Waals surface area contributed by atoms with Gasteiger partial charge in [-0.2, -0.15) is 5.26 Å². The highest BCUT2D eigenvalue weighted by atomic mass is 79.9. The van der Waals surface area contributed by atoms with Crippen molar-refractivity contribution >= 4 is 15.9 Å². The molecule has 16 heavy (non-hydrogen) atoms. The van der Waals surface area contributed by atoms with Crippen molar-refractivity contribution < 1.29 is 0 Å². The summed E-state index contributed by atoms with van der Waals surface area (Å²) in [6.07, 6.45) is 4.81. The Morgan fingerprint density at radius 2 is 2.19 bits per heavy atom. The highest BCUT2D eigenvalue weighted by Crippen LogP contribution is 2.21. The molecule has 0 fully saturated rings. The lowest BCUT2D eigenvalue weighted by atomic mass is 10.2. The van der Waals surface area contributed by atoms with E-state index < -0.39 is 0 Å². The van der Waals surface area contributed by atoms with E-state index in [1.54, 1.807) is 0 Å². The van der Waals surface area contributed by atoms with Gasteiger partial charge < -0.3 is 4.57 Å². The molecule has 0 radical (unpaired) electrons. The Bertz CT molecular complexity index is 376. The highest BCUT2D eigenvalue weighted by molar-refractivity contribution is 9.10. The summed E-state index contributed by atoms with van der Waals surface area (Å²) >= 11 is 3.59. The molecule has 0 saturated heterocycles. The number of nitrogens with zero attached hydrogens (tertiary/aromatic N) is 3. The summed E-state index contributed by atoms with van der Waals surface area (Å²) in [5.74, 6) is 1.08. The van der Waals surface area contributed by atoms with Crippen LogP contribution in [0.4, 0.5) is 0 Å². The van der Waals surface area contributed by atoms with E-state index in [-0.39, 0.29) is 0 Å². The molecule has 0 spiro atoms. The Hall–Kier alpha value is -0.820. The first kappa shape index (κ1) is 13.2. The third kappa shape index (κ3) is 3.08. The second kappa shape index (κ2) is 6.70. The first-order chi connectivity index (χ1) is 7.74. The Kier molecular flexibility index (Phi) is 5.54. The van der Waals surface area contributed by atoms with Crippen molar-refractivity contribution in [2.75, 3.05) is 0 Å². The van der Waals surface area contributed by atoms with Crippen LogP contribution in [0.1, 0.15) is 44.6 Å². The van der Waals surface area contributed by atoms with Crippen LogP contribution in [0, 0.1) is 11.3 Å². The second-order valence-corrected chi connectivity index (χ2v) is 4.53. The van der Waals surface area contributed by atoms with E-state index in [2.05, 4.69) is 45.4 Å². The molecule has 0 aromatic carbocycles. The lowest BCUT2D eigenvalue weighted by Crippen LogP contribution is -2.02. The van der Waals surface area contributed by atoms with Crippen molar-refractivity contribution in [3.05, 3.63) is 16.1 Å². The van der Waals surface area contributed by atoms with E-state index in [0.717, 1.165) is 41.9 Å². The van der Waals surface area contributed by atoms with Gasteiger partial charge >= 0.3 is 0 Å². The number of hydrogen-bond donors (Lipinski definition) is 0. The van der Waals surface area contributed by atoms with Crippen LogP contribution in [0.15, 0.2) is 4.60 Å². The normalized spacial score (nSPS) is 10.4.